The highest BCUT2D eigenvalue weighted by Gasteiger charge is 2.48. The first-order chi connectivity index (χ1) is 9.13. The number of alkyl halides is 2. The Morgan fingerprint density at radius 1 is 1.00 bits per heavy atom. The Morgan fingerprint density at radius 3 is 2.37 bits per heavy atom. The second-order valence-corrected chi connectivity index (χ2v) is 6.45. The molecule has 4 heteroatoms. The van der Waals surface area contributed by atoms with Gasteiger partial charge in [0.05, 0.1) is 10.4 Å². The smallest absolute Gasteiger partial charge is 0.340 e. The molecule has 1 heterocycles. The number of halogens is 2. The Hall–Kier alpha value is -1.13. The first kappa shape index (κ1) is 12.9. The zero-order valence-electron chi connectivity index (χ0n) is 9.85. The molecule has 1 aliphatic heterocycles. The van der Waals surface area contributed by atoms with Crippen LogP contribution in [0.1, 0.15) is 26.3 Å². The van der Waals surface area contributed by atoms with Gasteiger partial charge in [0.2, 0.25) is 4.51 Å². The first-order valence-corrected chi connectivity index (χ1v) is 7.54. The van der Waals surface area contributed by atoms with Gasteiger partial charge in [-0.3, -0.25) is 0 Å². The molecule has 0 spiro atoms. The number of carbonyl (C=O) groups excluding carboxylic acids is 1. The van der Waals surface area contributed by atoms with Gasteiger partial charge in [0.25, 0.3) is 0 Å². The van der Waals surface area contributed by atoms with Crippen molar-refractivity contribution in [3.63, 3.8) is 0 Å². The summed E-state index contributed by atoms with van der Waals surface area (Å²) in [7, 11) is 0. The maximum Gasteiger partial charge on any atom is 0.340 e. The van der Waals surface area contributed by atoms with E-state index in [1.807, 2.05) is 48.5 Å². The van der Waals surface area contributed by atoms with Crippen LogP contribution in [0.2, 0.25) is 0 Å². The normalized spacial score (nSPS) is 22.7. The predicted molar refractivity (Wildman–Crippen MR) is 80.6 cm³/mol. The van der Waals surface area contributed by atoms with E-state index in [-0.39, 0.29) is 10.8 Å². The highest BCUT2D eigenvalue weighted by Crippen LogP contribution is 2.53. The van der Waals surface area contributed by atoms with Gasteiger partial charge >= 0.3 is 5.97 Å². The van der Waals surface area contributed by atoms with E-state index in [0.29, 0.717) is 5.56 Å². The lowest BCUT2D eigenvalue weighted by Gasteiger charge is -2.27. The molecule has 0 amide bonds. The van der Waals surface area contributed by atoms with Gasteiger partial charge < -0.3 is 4.74 Å². The van der Waals surface area contributed by atoms with E-state index in [2.05, 4.69) is 31.9 Å². The van der Waals surface area contributed by atoms with Crippen LogP contribution < -0.4 is 0 Å². The largest absolute Gasteiger partial charge is 0.437 e. The number of hydrogen-bond acceptors (Lipinski definition) is 2. The Morgan fingerprint density at radius 2 is 1.63 bits per heavy atom. The highest BCUT2D eigenvalue weighted by molar-refractivity contribution is 9.12. The van der Waals surface area contributed by atoms with Crippen LogP contribution in [0.15, 0.2) is 54.6 Å². The summed E-state index contributed by atoms with van der Waals surface area (Å²) in [5.74, 6) is -0.298. The fraction of sp³-hybridized carbons (Fsp3) is 0.133. The molecule has 1 aliphatic rings. The van der Waals surface area contributed by atoms with E-state index in [9.17, 15) is 4.79 Å². The molecule has 0 aliphatic carbocycles. The number of hydrogen-bond donors (Lipinski definition) is 0. The second kappa shape index (κ2) is 4.76. The van der Waals surface area contributed by atoms with Gasteiger partial charge in [-0.05, 0) is 27.6 Å². The standard InChI is InChI=1S/C15H10Br2O2/c16-13(10-6-2-1-3-7-10)15(17)12-9-5-4-8-11(12)14(18)19-15/h1-9,13H/t13-,15+/m1/s1. The molecular weight excluding hydrogens is 372 g/mol. The summed E-state index contributed by atoms with van der Waals surface area (Å²) < 4.78 is 4.71. The topological polar surface area (TPSA) is 26.3 Å². The monoisotopic (exact) mass is 380 g/mol. The Bertz CT molecular complexity index is 627. The number of cyclic esters (lactones) is 1. The van der Waals surface area contributed by atoms with Gasteiger partial charge in [0.15, 0.2) is 0 Å². The number of ether oxygens (including phenoxy) is 1. The zero-order chi connectivity index (χ0) is 13.5. The number of rotatable bonds is 2. The summed E-state index contributed by atoms with van der Waals surface area (Å²) >= 11 is 7.24. The molecule has 2 atom stereocenters. The van der Waals surface area contributed by atoms with E-state index in [1.54, 1.807) is 6.07 Å². The van der Waals surface area contributed by atoms with Gasteiger partial charge in [-0.25, -0.2) is 4.79 Å². The highest BCUT2D eigenvalue weighted by atomic mass is 79.9. The molecule has 0 radical (unpaired) electrons. The molecule has 3 rings (SSSR count). The van der Waals surface area contributed by atoms with Crippen LogP contribution in [-0.2, 0) is 9.25 Å². The van der Waals surface area contributed by atoms with Crippen molar-refractivity contribution in [3.05, 3.63) is 71.3 Å². The van der Waals surface area contributed by atoms with Crippen LogP contribution in [-0.4, -0.2) is 5.97 Å². The van der Waals surface area contributed by atoms with Crippen LogP contribution in [0.5, 0.6) is 0 Å². The van der Waals surface area contributed by atoms with Crippen LogP contribution in [0.4, 0.5) is 0 Å². The summed E-state index contributed by atoms with van der Waals surface area (Å²) in [6, 6.07) is 17.3. The maximum absolute atomic E-state index is 11.9. The first-order valence-electron chi connectivity index (χ1n) is 5.83. The molecule has 0 bridgehead atoms. The molecule has 0 fully saturated rings. The van der Waals surface area contributed by atoms with Crippen molar-refractivity contribution >= 4 is 37.8 Å². The van der Waals surface area contributed by atoms with Crippen LogP contribution >= 0.6 is 31.9 Å². The van der Waals surface area contributed by atoms with Crippen molar-refractivity contribution in [2.45, 2.75) is 9.34 Å². The molecule has 2 nitrogen and oxygen atoms in total. The Balaban J connectivity index is 2.08. The van der Waals surface area contributed by atoms with Crippen LogP contribution in [0.25, 0.3) is 0 Å². The molecule has 0 unspecified atom stereocenters. The van der Waals surface area contributed by atoms with E-state index in [4.69, 9.17) is 4.74 Å². The molecule has 0 aromatic heterocycles. The van der Waals surface area contributed by atoms with Crippen LogP contribution in [0.3, 0.4) is 0 Å². The molecule has 0 N–H and O–H groups in total. The quantitative estimate of drug-likeness (QED) is 0.563. The van der Waals surface area contributed by atoms with Gasteiger partial charge in [-0.2, -0.15) is 0 Å². The summed E-state index contributed by atoms with van der Waals surface area (Å²) in [5.41, 5.74) is 2.51. The lowest BCUT2D eigenvalue weighted by molar-refractivity contribution is 0.0308. The third-order valence-electron chi connectivity index (χ3n) is 3.17. The molecule has 2 aromatic rings. The van der Waals surface area contributed by atoms with Crippen molar-refractivity contribution in [3.8, 4) is 0 Å². The van der Waals surface area contributed by atoms with Gasteiger partial charge in [-0.15, -0.1) is 0 Å². The predicted octanol–water partition coefficient (Wildman–Crippen LogP) is 4.54. The Kier molecular flexibility index (Phi) is 3.23. The molecule has 0 saturated heterocycles. The van der Waals surface area contributed by atoms with Gasteiger partial charge in [-0.1, -0.05) is 64.5 Å². The summed E-state index contributed by atoms with van der Waals surface area (Å²) in [5, 5.41) is 0. The SMILES string of the molecule is O=C1O[C@](Br)([C@H](Br)c2ccccc2)c2ccccc21. The van der Waals surface area contributed by atoms with Crippen molar-refractivity contribution in [2.75, 3.05) is 0 Å². The van der Waals surface area contributed by atoms with E-state index < -0.39 is 4.51 Å². The number of benzene rings is 2. The Labute approximate surface area is 128 Å². The number of fused-ring (bicyclic) bond motifs is 1. The van der Waals surface area contributed by atoms with Gasteiger partial charge in [0, 0.05) is 5.56 Å². The molecular formula is C15H10Br2O2. The van der Waals surface area contributed by atoms with Crippen molar-refractivity contribution < 1.29 is 9.53 Å². The summed E-state index contributed by atoms with van der Waals surface area (Å²) in [6.07, 6.45) is 0. The summed E-state index contributed by atoms with van der Waals surface area (Å²) in [4.78, 5) is 11.8. The van der Waals surface area contributed by atoms with E-state index >= 15 is 0 Å². The number of esters is 1. The number of carbonyl (C=O) groups is 1. The second-order valence-electron chi connectivity index (χ2n) is 4.35. The minimum atomic E-state index is -0.859. The average Bonchev–Trinajstić information content (AvgIpc) is 2.72. The molecule has 96 valence electrons. The third-order valence-corrected chi connectivity index (χ3v) is 6.01. The van der Waals surface area contributed by atoms with Crippen molar-refractivity contribution in [2.24, 2.45) is 0 Å². The fourth-order valence-corrected chi connectivity index (χ4v) is 3.63. The van der Waals surface area contributed by atoms with E-state index in [0.717, 1.165) is 11.1 Å². The lowest BCUT2D eigenvalue weighted by atomic mass is 9.99. The minimum absolute atomic E-state index is 0.159. The van der Waals surface area contributed by atoms with Crippen molar-refractivity contribution in [1.82, 2.24) is 0 Å². The average molecular weight is 382 g/mol. The minimum Gasteiger partial charge on any atom is -0.437 e. The molecule has 0 saturated carbocycles. The van der Waals surface area contributed by atoms with Gasteiger partial charge in [0.1, 0.15) is 0 Å². The third kappa shape index (κ3) is 2.03. The fourth-order valence-electron chi connectivity index (χ4n) is 2.23. The summed E-state index contributed by atoms with van der Waals surface area (Å²) in [6.45, 7) is 0. The zero-order valence-corrected chi connectivity index (χ0v) is 13.0. The maximum atomic E-state index is 11.9. The lowest BCUT2D eigenvalue weighted by Crippen LogP contribution is -2.23. The van der Waals surface area contributed by atoms with Crippen LogP contribution in [0, 0.1) is 0 Å². The molecule has 2 aromatic carbocycles. The molecule has 19 heavy (non-hydrogen) atoms. The van der Waals surface area contributed by atoms with Crippen molar-refractivity contribution in [1.29, 1.82) is 0 Å². The van der Waals surface area contributed by atoms with E-state index in [1.165, 1.54) is 0 Å².